The molecule has 1 aromatic rings. The maximum absolute atomic E-state index is 4.49. The van der Waals surface area contributed by atoms with Gasteiger partial charge in [0.15, 0.2) is 5.16 Å². The van der Waals surface area contributed by atoms with Gasteiger partial charge in [0.25, 0.3) is 0 Å². The molecule has 0 aromatic carbocycles. The Morgan fingerprint density at radius 1 is 1.28 bits per heavy atom. The Morgan fingerprint density at radius 3 is 2.50 bits per heavy atom. The highest BCUT2D eigenvalue weighted by molar-refractivity contribution is 8.00. The fraction of sp³-hybridized carbons (Fsp3) is 0.667. The van der Waals surface area contributed by atoms with Crippen molar-refractivity contribution in [2.75, 3.05) is 36.7 Å². The monoisotopic (exact) mass is 284 g/mol. The molecule has 0 amide bonds. The van der Waals surface area contributed by atoms with E-state index in [-0.39, 0.29) is 0 Å². The zero-order valence-corrected chi connectivity index (χ0v) is 12.7. The minimum Gasteiger partial charge on any atom is -0.373 e. The predicted molar refractivity (Wildman–Crippen MR) is 81.9 cm³/mol. The lowest BCUT2D eigenvalue weighted by atomic mass is 9.84. The third-order valence-corrected chi connectivity index (χ3v) is 5.40. The second-order valence-corrected chi connectivity index (χ2v) is 6.52. The van der Waals surface area contributed by atoms with Crippen LogP contribution in [0, 0.1) is 0 Å². The van der Waals surface area contributed by atoms with Gasteiger partial charge in [-0.15, -0.1) is 0 Å². The number of nitrogens with zero attached hydrogens (tertiary/aromatic N) is 2. The molecule has 4 nitrogen and oxygen atoms in total. The van der Waals surface area contributed by atoms with Crippen LogP contribution in [-0.2, 0) is 0 Å². The smallest absolute Gasteiger partial charge is 0.191 e. The Labute approximate surface area is 117 Å². The van der Waals surface area contributed by atoms with E-state index in [1.165, 1.54) is 19.3 Å². The van der Waals surface area contributed by atoms with Crippen molar-refractivity contribution in [1.29, 1.82) is 0 Å². The van der Waals surface area contributed by atoms with Gasteiger partial charge in [0, 0.05) is 24.4 Å². The summed E-state index contributed by atoms with van der Waals surface area (Å²) < 4.78 is 0.421. The molecule has 1 fully saturated rings. The average Bonchev–Trinajstić information content (AvgIpc) is 2.37. The van der Waals surface area contributed by atoms with Crippen LogP contribution in [0.1, 0.15) is 19.3 Å². The number of anilines is 2. The van der Waals surface area contributed by atoms with Gasteiger partial charge in [0.1, 0.15) is 11.6 Å². The molecule has 100 valence electrons. The Hall–Kier alpha value is -0.620. The van der Waals surface area contributed by atoms with Crippen LogP contribution in [0.5, 0.6) is 0 Å². The number of nitrogens with one attached hydrogen (secondary N) is 2. The van der Waals surface area contributed by atoms with Crippen LogP contribution in [-0.4, -0.2) is 40.8 Å². The van der Waals surface area contributed by atoms with Crippen LogP contribution in [0.4, 0.5) is 11.6 Å². The molecule has 0 unspecified atom stereocenters. The van der Waals surface area contributed by atoms with E-state index in [0.717, 1.165) is 23.3 Å². The fourth-order valence-electron chi connectivity index (χ4n) is 2.01. The molecule has 1 aliphatic carbocycles. The summed E-state index contributed by atoms with van der Waals surface area (Å²) in [5.41, 5.74) is 0. The van der Waals surface area contributed by atoms with Gasteiger partial charge in [-0.2, -0.15) is 11.8 Å². The molecule has 0 spiro atoms. The van der Waals surface area contributed by atoms with E-state index < -0.39 is 0 Å². The van der Waals surface area contributed by atoms with Crippen molar-refractivity contribution in [1.82, 2.24) is 9.97 Å². The largest absolute Gasteiger partial charge is 0.373 e. The summed E-state index contributed by atoms with van der Waals surface area (Å²) in [4.78, 5) is 8.85. The van der Waals surface area contributed by atoms with Crippen LogP contribution in [0.2, 0.25) is 0 Å². The summed E-state index contributed by atoms with van der Waals surface area (Å²) in [6.07, 6.45) is 8.16. The Balaban J connectivity index is 2.04. The second-order valence-electron chi connectivity index (χ2n) is 4.47. The number of aromatic nitrogens is 2. The average molecular weight is 284 g/mol. The molecular weight excluding hydrogens is 264 g/mol. The standard InChI is InChI=1S/C12H20N4S2/c1-13-9-7-10(16-11(15-9)17-2)14-8-12(18-3)5-4-6-12/h7H,4-6,8H2,1-3H3,(H2,13,14,15,16). The van der Waals surface area contributed by atoms with E-state index in [9.17, 15) is 0 Å². The molecule has 2 N–H and O–H groups in total. The first kappa shape index (κ1) is 13.8. The topological polar surface area (TPSA) is 49.8 Å². The molecule has 0 bridgehead atoms. The highest BCUT2D eigenvalue weighted by atomic mass is 32.2. The molecule has 0 saturated heterocycles. The van der Waals surface area contributed by atoms with Crippen LogP contribution >= 0.6 is 23.5 Å². The third-order valence-electron chi connectivity index (χ3n) is 3.43. The summed E-state index contributed by atoms with van der Waals surface area (Å²) in [5.74, 6) is 1.78. The molecule has 1 saturated carbocycles. The van der Waals surface area contributed by atoms with Gasteiger partial charge in [-0.1, -0.05) is 18.2 Å². The molecule has 0 atom stereocenters. The lowest BCUT2D eigenvalue weighted by Crippen LogP contribution is -2.40. The van der Waals surface area contributed by atoms with Crippen LogP contribution in [0.25, 0.3) is 0 Å². The van der Waals surface area contributed by atoms with Gasteiger partial charge in [-0.3, -0.25) is 0 Å². The van der Waals surface area contributed by atoms with Crippen LogP contribution in [0.3, 0.4) is 0 Å². The number of hydrogen-bond acceptors (Lipinski definition) is 6. The van der Waals surface area contributed by atoms with Gasteiger partial charge in [-0.25, -0.2) is 9.97 Å². The van der Waals surface area contributed by atoms with Crippen LogP contribution < -0.4 is 10.6 Å². The number of thioether (sulfide) groups is 2. The lowest BCUT2D eigenvalue weighted by Gasteiger charge is -2.40. The van der Waals surface area contributed by atoms with Crippen molar-refractivity contribution < 1.29 is 0 Å². The SMILES string of the molecule is CNc1cc(NCC2(SC)CCC2)nc(SC)n1. The Morgan fingerprint density at radius 2 is 2.00 bits per heavy atom. The van der Waals surface area contributed by atoms with Crippen molar-refractivity contribution in [2.24, 2.45) is 0 Å². The van der Waals surface area contributed by atoms with E-state index >= 15 is 0 Å². The molecule has 6 heteroatoms. The summed E-state index contributed by atoms with van der Waals surface area (Å²) in [7, 11) is 1.88. The molecule has 2 rings (SSSR count). The number of hydrogen-bond donors (Lipinski definition) is 2. The van der Waals surface area contributed by atoms with Gasteiger partial charge >= 0.3 is 0 Å². The predicted octanol–water partition coefficient (Wildman–Crippen LogP) is 2.94. The normalized spacial score (nSPS) is 17.1. The lowest BCUT2D eigenvalue weighted by molar-refractivity contribution is 0.379. The zero-order valence-electron chi connectivity index (χ0n) is 11.1. The number of rotatable bonds is 6. The molecule has 1 heterocycles. The first-order valence-corrected chi connectivity index (χ1v) is 8.56. The molecule has 0 radical (unpaired) electrons. The first-order chi connectivity index (χ1) is 8.71. The van der Waals surface area contributed by atoms with E-state index in [1.807, 2.05) is 31.1 Å². The van der Waals surface area contributed by atoms with Gasteiger partial charge in [-0.05, 0) is 25.4 Å². The van der Waals surface area contributed by atoms with E-state index in [1.54, 1.807) is 11.8 Å². The van der Waals surface area contributed by atoms with E-state index in [2.05, 4.69) is 26.9 Å². The van der Waals surface area contributed by atoms with Crippen molar-refractivity contribution in [3.8, 4) is 0 Å². The van der Waals surface area contributed by atoms with Gasteiger partial charge in [0.05, 0.1) is 0 Å². The summed E-state index contributed by atoms with van der Waals surface area (Å²) in [6.45, 7) is 0.988. The summed E-state index contributed by atoms with van der Waals surface area (Å²) in [5, 5.41) is 7.34. The highest BCUT2D eigenvalue weighted by Gasteiger charge is 2.35. The zero-order chi connectivity index (χ0) is 13.0. The summed E-state index contributed by atoms with van der Waals surface area (Å²) in [6, 6.07) is 1.96. The van der Waals surface area contributed by atoms with Gasteiger partial charge in [0.2, 0.25) is 0 Å². The Bertz CT molecular complexity index is 379. The molecule has 1 aromatic heterocycles. The molecule has 0 aliphatic heterocycles. The first-order valence-electron chi connectivity index (χ1n) is 6.11. The quantitative estimate of drug-likeness (QED) is 0.619. The van der Waals surface area contributed by atoms with Crippen molar-refractivity contribution >= 4 is 35.2 Å². The van der Waals surface area contributed by atoms with E-state index in [4.69, 9.17) is 0 Å². The molecule has 18 heavy (non-hydrogen) atoms. The fourth-order valence-corrected chi connectivity index (χ4v) is 3.30. The van der Waals surface area contributed by atoms with Crippen molar-refractivity contribution in [2.45, 2.75) is 29.2 Å². The molecule has 1 aliphatic rings. The van der Waals surface area contributed by atoms with Crippen LogP contribution in [0.15, 0.2) is 11.2 Å². The molecular formula is C12H20N4S2. The minimum absolute atomic E-state index is 0.421. The van der Waals surface area contributed by atoms with E-state index in [0.29, 0.717) is 4.75 Å². The van der Waals surface area contributed by atoms with Crippen molar-refractivity contribution in [3.05, 3.63) is 6.07 Å². The summed E-state index contributed by atoms with van der Waals surface area (Å²) >= 11 is 3.54. The second kappa shape index (κ2) is 6.02. The third kappa shape index (κ3) is 3.03. The van der Waals surface area contributed by atoms with Crippen molar-refractivity contribution in [3.63, 3.8) is 0 Å². The maximum atomic E-state index is 4.49. The minimum atomic E-state index is 0.421. The highest BCUT2D eigenvalue weighted by Crippen LogP contribution is 2.42. The Kier molecular flexibility index (Phi) is 4.61. The van der Waals surface area contributed by atoms with Gasteiger partial charge < -0.3 is 10.6 Å². The maximum Gasteiger partial charge on any atom is 0.191 e.